The fraction of sp³-hybridized carbons (Fsp3) is 0.364. The Morgan fingerprint density at radius 3 is 2.42 bits per heavy atom. The zero-order chi connectivity index (χ0) is 14.5. The smallest absolute Gasteiger partial charge is 0.428 e. The molecule has 0 aliphatic heterocycles. The summed E-state index contributed by atoms with van der Waals surface area (Å²) in [5.41, 5.74) is 0.377. The first-order valence-corrected chi connectivity index (χ1v) is 6.11. The molecule has 0 bridgehead atoms. The first-order valence-electron chi connectivity index (χ1n) is 5.24. The Bertz CT molecular complexity index is 426. The van der Waals surface area contributed by atoms with Crippen LogP contribution in [0.1, 0.15) is 6.92 Å². The predicted molar refractivity (Wildman–Crippen MR) is 68.2 cm³/mol. The number of halogens is 4. The number of hydrogen-bond acceptors (Lipinski definition) is 3. The molecule has 4 nitrogen and oxygen atoms in total. The lowest BCUT2D eigenvalue weighted by atomic mass is 10.3. The molecular formula is C11H11Cl2F2NO3. The lowest BCUT2D eigenvalue weighted by Crippen LogP contribution is -2.32. The van der Waals surface area contributed by atoms with Crippen molar-refractivity contribution in [1.82, 2.24) is 0 Å². The highest BCUT2D eigenvalue weighted by Crippen LogP contribution is 2.30. The predicted octanol–water partition coefficient (Wildman–Crippen LogP) is 4.03. The summed E-state index contributed by atoms with van der Waals surface area (Å²) in [6.45, 7) is 1.89. The van der Waals surface area contributed by atoms with Crippen molar-refractivity contribution in [3.8, 4) is 5.75 Å². The number of alkyl halides is 4. The van der Waals surface area contributed by atoms with Gasteiger partial charge in [-0.1, -0.05) is 23.2 Å². The minimum Gasteiger partial charge on any atom is -0.450 e. The molecule has 0 saturated heterocycles. The van der Waals surface area contributed by atoms with Crippen molar-refractivity contribution in [1.29, 1.82) is 0 Å². The van der Waals surface area contributed by atoms with Gasteiger partial charge in [-0.3, -0.25) is 5.32 Å². The van der Waals surface area contributed by atoms with Crippen LogP contribution >= 0.6 is 23.2 Å². The standard InChI is InChI=1S/C11H11Cl2F2NO3/c1-2-18-10(17)16-7-3-5-8(6-4-7)19-11(14,15)9(12)13/h3-6,9H,2H2,1H3,(H,16,17). The Morgan fingerprint density at radius 1 is 1.37 bits per heavy atom. The molecule has 1 amide bonds. The summed E-state index contributed by atoms with van der Waals surface area (Å²) in [5, 5.41) is 2.40. The van der Waals surface area contributed by atoms with Crippen LogP contribution in [0.3, 0.4) is 0 Å². The normalized spacial score (nSPS) is 11.3. The summed E-state index contributed by atoms with van der Waals surface area (Å²) >= 11 is 10.1. The van der Waals surface area contributed by atoms with Gasteiger partial charge in [-0.05, 0) is 31.2 Å². The van der Waals surface area contributed by atoms with Crippen LogP contribution in [0, 0.1) is 0 Å². The highest BCUT2D eigenvalue weighted by molar-refractivity contribution is 6.44. The average molecular weight is 314 g/mol. The Morgan fingerprint density at radius 2 is 1.95 bits per heavy atom. The van der Waals surface area contributed by atoms with E-state index in [1.54, 1.807) is 6.92 Å². The number of carbonyl (C=O) groups excluding carboxylic acids is 1. The molecule has 106 valence electrons. The SMILES string of the molecule is CCOC(=O)Nc1ccc(OC(F)(F)C(Cl)Cl)cc1. The lowest BCUT2D eigenvalue weighted by molar-refractivity contribution is -0.163. The molecule has 1 rings (SSSR count). The van der Waals surface area contributed by atoms with Crippen molar-refractivity contribution in [3.05, 3.63) is 24.3 Å². The summed E-state index contributed by atoms with van der Waals surface area (Å²) in [7, 11) is 0. The third kappa shape index (κ3) is 5.08. The van der Waals surface area contributed by atoms with Crippen molar-refractivity contribution in [3.63, 3.8) is 0 Å². The fourth-order valence-electron chi connectivity index (χ4n) is 1.09. The van der Waals surface area contributed by atoms with Crippen molar-refractivity contribution < 1.29 is 23.0 Å². The molecule has 1 aromatic carbocycles. The second kappa shape index (κ2) is 6.77. The van der Waals surface area contributed by atoms with Crippen LogP contribution in [-0.4, -0.2) is 23.6 Å². The molecule has 0 spiro atoms. The van der Waals surface area contributed by atoms with E-state index < -0.39 is 17.0 Å². The number of anilines is 1. The van der Waals surface area contributed by atoms with Crippen LogP contribution in [0.2, 0.25) is 0 Å². The fourth-order valence-corrected chi connectivity index (χ4v) is 1.18. The van der Waals surface area contributed by atoms with Crippen LogP contribution in [-0.2, 0) is 4.74 Å². The van der Waals surface area contributed by atoms with Gasteiger partial charge < -0.3 is 9.47 Å². The van der Waals surface area contributed by atoms with Crippen LogP contribution in [0.15, 0.2) is 24.3 Å². The minimum absolute atomic E-state index is 0.134. The first kappa shape index (κ1) is 15.8. The van der Waals surface area contributed by atoms with E-state index in [1.165, 1.54) is 24.3 Å². The third-order valence-corrected chi connectivity index (χ3v) is 2.39. The zero-order valence-corrected chi connectivity index (χ0v) is 11.3. The zero-order valence-electron chi connectivity index (χ0n) is 9.83. The maximum atomic E-state index is 13.1. The van der Waals surface area contributed by atoms with E-state index in [2.05, 4.69) is 14.8 Å². The molecule has 1 aromatic rings. The molecule has 19 heavy (non-hydrogen) atoms. The maximum Gasteiger partial charge on any atom is 0.428 e. The Kier molecular flexibility index (Phi) is 5.62. The second-order valence-electron chi connectivity index (χ2n) is 3.33. The van der Waals surface area contributed by atoms with Gasteiger partial charge in [0, 0.05) is 5.69 Å². The molecule has 0 unspecified atom stereocenters. The van der Waals surface area contributed by atoms with E-state index in [-0.39, 0.29) is 12.4 Å². The van der Waals surface area contributed by atoms with Gasteiger partial charge in [0.05, 0.1) is 6.61 Å². The lowest BCUT2D eigenvalue weighted by Gasteiger charge is -2.18. The van der Waals surface area contributed by atoms with Gasteiger partial charge in [-0.2, -0.15) is 8.78 Å². The molecule has 8 heteroatoms. The number of rotatable bonds is 5. The van der Waals surface area contributed by atoms with Crippen LogP contribution < -0.4 is 10.1 Å². The van der Waals surface area contributed by atoms with Gasteiger partial charge in [0.2, 0.25) is 4.84 Å². The van der Waals surface area contributed by atoms with Gasteiger partial charge in [0.25, 0.3) is 0 Å². The molecule has 0 fully saturated rings. The van der Waals surface area contributed by atoms with Gasteiger partial charge in [0.1, 0.15) is 5.75 Å². The highest BCUT2D eigenvalue weighted by Gasteiger charge is 2.40. The van der Waals surface area contributed by atoms with Crippen molar-refractivity contribution in [2.45, 2.75) is 17.9 Å². The number of benzene rings is 1. The van der Waals surface area contributed by atoms with Crippen LogP contribution in [0.5, 0.6) is 5.75 Å². The summed E-state index contributed by atoms with van der Waals surface area (Å²) in [6.07, 6.45) is -4.33. The van der Waals surface area contributed by atoms with E-state index in [0.717, 1.165) is 0 Å². The number of amides is 1. The summed E-state index contributed by atoms with van der Waals surface area (Å²) in [5.74, 6) is -0.134. The number of nitrogens with one attached hydrogen (secondary N) is 1. The number of hydrogen-bond donors (Lipinski definition) is 1. The van der Waals surface area contributed by atoms with E-state index >= 15 is 0 Å². The van der Waals surface area contributed by atoms with E-state index in [4.69, 9.17) is 23.2 Å². The molecule has 0 heterocycles. The number of ether oxygens (including phenoxy) is 2. The summed E-state index contributed by atoms with van der Waals surface area (Å²) in [6, 6.07) is 5.23. The average Bonchev–Trinajstić information content (AvgIpc) is 2.31. The Hall–Kier alpha value is -1.27. The first-order chi connectivity index (χ1) is 8.85. The second-order valence-corrected chi connectivity index (χ2v) is 4.43. The van der Waals surface area contributed by atoms with Crippen molar-refractivity contribution >= 4 is 35.0 Å². The molecule has 0 aliphatic rings. The number of carbonyl (C=O) groups is 1. The van der Waals surface area contributed by atoms with E-state index in [0.29, 0.717) is 5.69 Å². The Labute approximate surface area is 118 Å². The van der Waals surface area contributed by atoms with Gasteiger partial charge in [-0.15, -0.1) is 0 Å². The van der Waals surface area contributed by atoms with E-state index in [9.17, 15) is 13.6 Å². The Balaban J connectivity index is 2.64. The molecule has 0 atom stereocenters. The summed E-state index contributed by atoms with van der Waals surface area (Å²) in [4.78, 5) is 9.11. The van der Waals surface area contributed by atoms with Crippen LogP contribution in [0.4, 0.5) is 19.3 Å². The van der Waals surface area contributed by atoms with Crippen molar-refractivity contribution in [2.24, 2.45) is 0 Å². The molecule has 0 saturated carbocycles. The molecular weight excluding hydrogens is 303 g/mol. The molecule has 0 aromatic heterocycles. The molecule has 0 aliphatic carbocycles. The van der Waals surface area contributed by atoms with Gasteiger partial charge in [0.15, 0.2) is 0 Å². The monoisotopic (exact) mass is 313 g/mol. The quantitative estimate of drug-likeness (QED) is 0.835. The third-order valence-electron chi connectivity index (χ3n) is 1.88. The van der Waals surface area contributed by atoms with Crippen LogP contribution in [0.25, 0.3) is 0 Å². The topological polar surface area (TPSA) is 47.6 Å². The van der Waals surface area contributed by atoms with Gasteiger partial charge >= 0.3 is 12.2 Å². The highest BCUT2D eigenvalue weighted by atomic mass is 35.5. The van der Waals surface area contributed by atoms with Gasteiger partial charge in [-0.25, -0.2) is 4.79 Å². The molecule has 1 N–H and O–H groups in total. The van der Waals surface area contributed by atoms with E-state index in [1.807, 2.05) is 0 Å². The minimum atomic E-state index is -3.70. The molecule has 0 radical (unpaired) electrons. The largest absolute Gasteiger partial charge is 0.450 e. The maximum absolute atomic E-state index is 13.1. The van der Waals surface area contributed by atoms with Crippen molar-refractivity contribution in [2.75, 3.05) is 11.9 Å². The summed E-state index contributed by atoms with van der Waals surface area (Å²) < 4.78 is 35.1.